The van der Waals surface area contributed by atoms with Gasteiger partial charge in [-0.3, -0.25) is 9.89 Å². The summed E-state index contributed by atoms with van der Waals surface area (Å²) in [4.78, 5) is 11.0. The Balaban J connectivity index is 2.17. The van der Waals surface area contributed by atoms with E-state index in [0.29, 0.717) is 5.69 Å². The number of hydrogen-bond donors (Lipinski definition) is 2. The third-order valence-corrected chi connectivity index (χ3v) is 3.56. The fraction of sp³-hybridized carbons (Fsp3) is 0. The highest BCUT2D eigenvalue weighted by atomic mass is 32.1. The molecule has 0 spiro atoms. The fourth-order valence-corrected chi connectivity index (χ4v) is 2.72. The number of amides is 1. The van der Waals surface area contributed by atoms with Gasteiger partial charge in [-0.05, 0) is 12.1 Å². The van der Waals surface area contributed by atoms with Gasteiger partial charge in [0, 0.05) is 21.0 Å². The molecular weight excluding hydrogens is 234 g/mol. The number of nitrogens with two attached hydrogens (primary N) is 1. The Morgan fingerprint density at radius 3 is 2.94 bits per heavy atom. The van der Waals surface area contributed by atoms with Crippen molar-refractivity contribution in [3.8, 4) is 11.3 Å². The largest absolute Gasteiger partial charge is 0.364 e. The molecule has 0 saturated heterocycles. The van der Waals surface area contributed by atoms with Crippen molar-refractivity contribution in [3.05, 3.63) is 41.4 Å². The molecule has 0 radical (unpaired) electrons. The minimum Gasteiger partial charge on any atom is -0.364 e. The van der Waals surface area contributed by atoms with Crippen LogP contribution in [0.25, 0.3) is 21.3 Å². The standard InChI is InChI=1S/C12H9N3OS/c13-12(16)10-5-9(14-15-10)8-6-17-11-4-2-1-3-7(8)11/h1-6H,(H2,13,16)(H,14,15). The van der Waals surface area contributed by atoms with Gasteiger partial charge in [0.1, 0.15) is 5.69 Å². The van der Waals surface area contributed by atoms with Crippen LogP contribution in [-0.4, -0.2) is 16.1 Å². The van der Waals surface area contributed by atoms with Gasteiger partial charge >= 0.3 is 0 Å². The van der Waals surface area contributed by atoms with E-state index in [-0.39, 0.29) is 0 Å². The molecule has 0 atom stereocenters. The monoisotopic (exact) mass is 243 g/mol. The maximum absolute atomic E-state index is 11.0. The van der Waals surface area contributed by atoms with Crippen LogP contribution in [0, 0.1) is 0 Å². The van der Waals surface area contributed by atoms with Crippen molar-refractivity contribution in [3.63, 3.8) is 0 Å². The summed E-state index contributed by atoms with van der Waals surface area (Å²) in [6.45, 7) is 0. The lowest BCUT2D eigenvalue weighted by Gasteiger charge is -1.92. The summed E-state index contributed by atoms with van der Waals surface area (Å²) in [5, 5.41) is 9.92. The van der Waals surface area contributed by atoms with Crippen molar-refractivity contribution < 1.29 is 4.79 Å². The molecule has 2 heterocycles. The van der Waals surface area contributed by atoms with E-state index in [2.05, 4.69) is 16.3 Å². The van der Waals surface area contributed by atoms with E-state index in [0.717, 1.165) is 16.6 Å². The molecule has 3 N–H and O–H groups in total. The molecule has 84 valence electrons. The van der Waals surface area contributed by atoms with E-state index >= 15 is 0 Å². The SMILES string of the molecule is NC(=O)c1cc(-c2csc3ccccc23)n[nH]1. The zero-order valence-corrected chi connectivity index (χ0v) is 9.62. The molecule has 3 rings (SSSR count). The number of carbonyl (C=O) groups excluding carboxylic acids is 1. The second kappa shape index (κ2) is 3.71. The van der Waals surface area contributed by atoms with E-state index in [1.807, 2.05) is 23.6 Å². The first-order chi connectivity index (χ1) is 8.25. The molecule has 0 bridgehead atoms. The molecule has 4 nitrogen and oxygen atoms in total. The summed E-state index contributed by atoms with van der Waals surface area (Å²) in [5.41, 5.74) is 7.28. The quantitative estimate of drug-likeness (QED) is 0.725. The minimum absolute atomic E-state index is 0.329. The molecule has 0 saturated carbocycles. The number of thiophene rings is 1. The van der Waals surface area contributed by atoms with Gasteiger partial charge in [0.25, 0.3) is 5.91 Å². The summed E-state index contributed by atoms with van der Waals surface area (Å²) in [6.07, 6.45) is 0. The number of aromatic nitrogens is 2. The summed E-state index contributed by atoms with van der Waals surface area (Å²) < 4.78 is 1.20. The Hall–Kier alpha value is -2.14. The number of nitrogens with zero attached hydrogens (tertiary/aromatic N) is 1. The lowest BCUT2D eigenvalue weighted by Crippen LogP contribution is -2.10. The van der Waals surface area contributed by atoms with Gasteiger partial charge in [0.15, 0.2) is 0 Å². The lowest BCUT2D eigenvalue weighted by atomic mass is 10.1. The van der Waals surface area contributed by atoms with E-state index in [9.17, 15) is 4.79 Å². The summed E-state index contributed by atoms with van der Waals surface area (Å²) in [5.74, 6) is -0.497. The maximum Gasteiger partial charge on any atom is 0.266 e. The van der Waals surface area contributed by atoms with E-state index in [1.54, 1.807) is 17.4 Å². The third kappa shape index (κ3) is 1.60. The van der Waals surface area contributed by atoms with Crippen molar-refractivity contribution in [2.45, 2.75) is 0 Å². The Bertz CT molecular complexity index is 698. The van der Waals surface area contributed by atoms with Crippen LogP contribution in [0.1, 0.15) is 10.5 Å². The van der Waals surface area contributed by atoms with Crippen LogP contribution in [0.15, 0.2) is 35.7 Å². The van der Waals surface area contributed by atoms with Crippen LogP contribution in [0.3, 0.4) is 0 Å². The van der Waals surface area contributed by atoms with Crippen LogP contribution in [0.4, 0.5) is 0 Å². The highest BCUT2D eigenvalue weighted by Gasteiger charge is 2.11. The van der Waals surface area contributed by atoms with E-state index < -0.39 is 5.91 Å². The first kappa shape index (κ1) is 10.0. The number of H-pyrrole nitrogens is 1. The number of primary amides is 1. The van der Waals surface area contributed by atoms with Crippen molar-refractivity contribution in [2.24, 2.45) is 5.73 Å². The Kier molecular flexibility index (Phi) is 2.19. The molecule has 1 aromatic carbocycles. The number of rotatable bonds is 2. The van der Waals surface area contributed by atoms with E-state index in [4.69, 9.17) is 5.73 Å². The summed E-state index contributed by atoms with van der Waals surface area (Å²) in [6, 6.07) is 9.77. The molecule has 0 aliphatic heterocycles. The highest BCUT2D eigenvalue weighted by Crippen LogP contribution is 2.32. The van der Waals surface area contributed by atoms with Gasteiger partial charge in [0.05, 0.1) is 5.69 Å². The van der Waals surface area contributed by atoms with Gasteiger partial charge < -0.3 is 5.73 Å². The van der Waals surface area contributed by atoms with Crippen LogP contribution in [-0.2, 0) is 0 Å². The Morgan fingerprint density at radius 2 is 2.18 bits per heavy atom. The molecule has 0 unspecified atom stereocenters. The smallest absolute Gasteiger partial charge is 0.266 e. The molecule has 5 heteroatoms. The number of carbonyl (C=O) groups is 1. The lowest BCUT2D eigenvalue weighted by molar-refractivity contribution is 0.0995. The molecular formula is C12H9N3OS. The predicted octanol–water partition coefficient (Wildman–Crippen LogP) is 2.39. The zero-order chi connectivity index (χ0) is 11.8. The Morgan fingerprint density at radius 1 is 1.35 bits per heavy atom. The molecule has 3 aromatic rings. The van der Waals surface area contributed by atoms with Gasteiger partial charge in [-0.15, -0.1) is 11.3 Å². The van der Waals surface area contributed by atoms with Crippen LogP contribution in [0.5, 0.6) is 0 Å². The normalized spacial score (nSPS) is 10.8. The van der Waals surface area contributed by atoms with Crippen molar-refractivity contribution in [1.82, 2.24) is 10.2 Å². The van der Waals surface area contributed by atoms with Gasteiger partial charge in [-0.2, -0.15) is 5.10 Å². The first-order valence-electron chi connectivity index (χ1n) is 5.07. The van der Waals surface area contributed by atoms with Crippen LogP contribution >= 0.6 is 11.3 Å². The molecule has 0 fully saturated rings. The van der Waals surface area contributed by atoms with Crippen molar-refractivity contribution >= 4 is 27.3 Å². The number of hydrogen-bond acceptors (Lipinski definition) is 3. The van der Waals surface area contributed by atoms with Gasteiger partial charge in [-0.25, -0.2) is 0 Å². The van der Waals surface area contributed by atoms with Crippen LogP contribution < -0.4 is 5.73 Å². The van der Waals surface area contributed by atoms with E-state index in [1.165, 1.54) is 4.70 Å². The average Bonchev–Trinajstić information content (AvgIpc) is 2.95. The van der Waals surface area contributed by atoms with Gasteiger partial charge in [-0.1, -0.05) is 18.2 Å². The average molecular weight is 243 g/mol. The zero-order valence-electron chi connectivity index (χ0n) is 8.81. The highest BCUT2D eigenvalue weighted by molar-refractivity contribution is 7.17. The molecule has 0 aliphatic carbocycles. The second-order valence-electron chi connectivity index (χ2n) is 3.68. The molecule has 1 amide bonds. The Labute approximate surface area is 101 Å². The predicted molar refractivity (Wildman–Crippen MR) is 67.9 cm³/mol. The second-order valence-corrected chi connectivity index (χ2v) is 4.59. The topological polar surface area (TPSA) is 71.8 Å². The molecule has 2 aromatic heterocycles. The number of fused-ring (bicyclic) bond motifs is 1. The molecule has 0 aliphatic rings. The fourth-order valence-electron chi connectivity index (χ4n) is 1.76. The van der Waals surface area contributed by atoms with Gasteiger partial charge in [0.2, 0.25) is 0 Å². The summed E-state index contributed by atoms with van der Waals surface area (Å²) in [7, 11) is 0. The number of benzene rings is 1. The minimum atomic E-state index is -0.497. The summed E-state index contributed by atoms with van der Waals surface area (Å²) >= 11 is 1.66. The van der Waals surface area contributed by atoms with Crippen molar-refractivity contribution in [2.75, 3.05) is 0 Å². The number of nitrogens with one attached hydrogen (secondary N) is 1. The molecule has 17 heavy (non-hydrogen) atoms. The third-order valence-electron chi connectivity index (χ3n) is 2.60. The number of aromatic amines is 1. The van der Waals surface area contributed by atoms with Crippen LogP contribution in [0.2, 0.25) is 0 Å². The maximum atomic E-state index is 11.0. The van der Waals surface area contributed by atoms with Crippen molar-refractivity contribution in [1.29, 1.82) is 0 Å². The first-order valence-corrected chi connectivity index (χ1v) is 5.95.